The smallest absolute Gasteiger partial charge is 0.280 e. The van der Waals surface area contributed by atoms with Crippen LogP contribution < -0.4 is 9.75 Å². The van der Waals surface area contributed by atoms with E-state index in [1.807, 2.05) is 104 Å². The Morgan fingerprint density at radius 3 is 2.36 bits per heavy atom. The second kappa shape index (κ2) is 8.70. The van der Waals surface area contributed by atoms with Gasteiger partial charge in [-0.1, -0.05) is 48.5 Å². The Bertz CT molecular complexity index is 1650. The number of nitrogens with zero attached hydrogens (tertiary/aromatic N) is 4. The zero-order valence-electron chi connectivity index (χ0n) is 19.8. The fourth-order valence-electron chi connectivity index (χ4n) is 4.30. The van der Waals surface area contributed by atoms with Gasteiger partial charge in [-0.3, -0.25) is 4.79 Å². The van der Waals surface area contributed by atoms with Crippen LogP contribution in [0.2, 0.25) is 0 Å². The number of ether oxygens (including phenoxy) is 1. The summed E-state index contributed by atoms with van der Waals surface area (Å²) in [4.78, 5) is 13.3. The molecule has 0 fully saturated rings. The maximum absolute atomic E-state index is 13.3. The molecule has 2 aromatic heterocycles. The first-order valence-electron chi connectivity index (χ1n) is 11.5. The third kappa shape index (κ3) is 3.67. The summed E-state index contributed by atoms with van der Waals surface area (Å²) in [5.74, 6) is 1.04. The molecule has 0 atom stereocenters. The maximum atomic E-state index is 13.3. The fraction of sp³-hybridized carbons (Fsp3) is 0.0690. The molecule has 1 aliphatic heterocycles. The zero-order valence-corrected chi connectivity index (χ0v) is 19.8. The molecule has 0 unspecified atom stereocenters. The normalized spacial score (nSPS) is 14.6. The minimum Gasteiger partial charge on any atom is -0.493 e. The largest absolute Gasteiger partial charge is 0.493 e. The van der Waals surface area contributed by atoms with Crippen LogP contribution in [0.5, 0.6) is 5.75 Å². The predicted molar refractivity (Wildman–Crippen MR) is 140 cm³/mol. The van der Waals surface area contributed by atoms with Crippen LogP contribution in [0, 0.1) is 0 Å². The Labute approximate surface area is 207 Å². The number of carbonyl (C=O) groups is 1. The maximum Gasteiger partial charge on any atom is 0.280 e. The number of amides is 1. The van der Waals surface area contributed by atoms with E-state index in [0.717, 1.165) is 22.3 Å². The molecule has 176 valence electrons. The second-order valence-electron chi connectivity index (χ2n) is 8.40. The van der Waals surface area contributed by atoms with Gasteiger partial charge in [-0.2, -0.15) is 15.2 Å². The van der Waals surface area contributed by atoms with Crippen molar-refractivity contribution in [3.05, 3.63) is 102 Å². The molecule has 1 aliphatic rings. The van der Waals surface area contributed by atoms with Gasteiger partial charge in [0.15, 0.2) is 17.1 Å². The number of benzene rings is 3. The Balaban J connectivity index is 1.49. The highest BCUT2D eigenvalue weighted by atomic mass is 16.5. The third-order valence-electron chi connectivity index (χ3n) is 6.09. The summed E-state index contributed by atoms with van der Waals surface area (Å²) in [5, 5.41) is 11.7. The SMILES string of the molecule is COc1cccc2cc(-c3nn(-c4ccccc4)cc3/C=C3\C(=O)N(c4ccccc4)N=C3C)oc12. The van der Waals surface area contributed by atoms with E-state index in [0.29, 0.717) is 34.1 Å². The van der Waals surface area contributed by atoms with Crippen molar-refractivity contribution in [2.45, 2.75) is 6.92 Å². The summed E-state index contributed by atoms with van der Waals surface area (Å²) in [6.45, 7) is 1.83. The molecule has 0 aliphatic carbocycles. The van der Waals surface area contributed by atoms with E-state index >= 15 is 0 Å². The molecule has 0 saturated heterocycles. The number of fused-ring (bicyclic) bond motifs is 1. The lowest BCUT2D eigenvalue weighted by atomic mass is 10.1. The van der Waals surface area contributed by atoms with Crippen LogP contribution in [-0.2, 0) is 4.79 Å². The minimum absolute atomic E-state index is 0.191. The molecule has 7 heteroatoms. The van der Waals surface area contributed by atoms with Gasteiger partial charge in [0.2, 0.25) is 0 Å². The number of para-hydroxylation sites is 3. The first-order chi connectivity index (χ1) is 17.6. The van der Waals surface area contributed by atoms with Gasteiger partial charge in [0.25, 0.3) is 5.91 Å². The van der Waals surface area contributed by atoms with Gasteiger partial charge in [-0.05, 0) is 49.4 Å². The number of hydrogen-bond acceptors (Lipinski definition) is 5. The van der Waals surface area contributed by atoms with Gasteiger partial charge in [0.1, 0.15) is 5.69 Å². The van der Waals surface area contributed by atoms with Crippen molar-refractivity contribution < 1.29 is 13.9 Å². The second-order valence-corrected chi connectivity index (χ2v) is 8.40. The molecule has 6 rings (SSSR count). The molecular weight excluding hydrogens is 452 g/mol. The summed E-state index contributed by atoms with van der Waals surface area (Å²) in [5.41, 5.74) is 4.75. The number of hydrazone groups is 1. The van der Waals surface area contributed by atoms with Crippen molar-refractivity contribution in [2.24, 2.45) is 5.10 Å². The van der Waals surface area contributed by atoms with Crippen LogP contribution in [0.4, 0.5) is 5.69 Å². The molecule has 0 saturated carbocycles. The lowest BCUT2D eigenvalue weighted by Gasteiger charge is -2.10. The summed E-state index contributed by atoms with van der Waals surface area (Å²) in [7, 11) is 1.61. The van der Waals surface area contributed by atoms with E-state index in [-0.39, 0.29) is 5.91 Å². The molecule has 1 amide bonds. The standard InChI is InChI=1S/C29H22N4O3/c1-19-24(29(34)33(30-19)23-13-7-4-8-14-23)16-21-18-32(22-11-5-3-6-12-22)31-27(21)26-17-20-10-9-15-25(35-2)28(20)36-26/h3-18H,1-2H3/b24-16-. The van der Waals surface area contributed by atoms with Crippen molar-refractivity contribution in [3.8, 4) is 22.9 Å². The summed E-state index contributed by atoms with van der Waals surface area (Å²) < 4.78 is 13.5. The Morgan fingerprint density at radius 2 is 1.64 bits per heavy atom. The van der Waals surface area contributed by atoms with Gasteiger partial charge in [0.05, 0.1) is 29.8 Å². The van der Waals surface area contributed by atoms with Gasteiger partial charge >= 0.3 is 0 Å². The predicted octanol–water partition coefficient (Wildman–Crippen LogP) is 6.10. The summed E-state index contributed by atoms with van der Waals surface area (Å²) in [6.07, 6.45) is 3.73. The fourth-order valence-corrected chi connectivity index (χ4v) is 4.30. The summed E-state index contributed by atoms with van der Waals surface area (Å²) >= 11 is 0. The summed E-state index contributed by atoms with van der Waals surface area (Å²) in [6, 6.07) is 26.9. The van der Waals surface area contributed by atoms with Crippen molar-refractivity contribution in [1.29, 1.82) is 0 Å². The van der Waals surface area contributed by atoms with Crippen molar-refractivity contribution in [2.75, 3.05) is 12.1 Å². The minimum atomic E-state index is -0.191. The van der Waals surface area contributed by atoms with Crippen molar-refractivity contribution in [1.82, 2.24) is 9.78 Å². The highest BCUT2D eigenvalue weighted by Crippen LogP contribution is 2.35. The molecule has 3 aromatic carbocycles. The first-order valence-corrected chi connectivity index (χ1v) is 11.5. The molecule has 7 nitrogen and oxygen atoms in total. The molecule has 0 N–H and O–H groups in total. The Morgan fingerprint density at radius 1 is 0.917 bits per heavy atom. The third-order valence-corrected chi connectivity index (χ3v) is 6.09. The van der Waals surface area contributed by atoms with E-state index in [2.05, 4.69) is 5.10 Å². The van der Waals surface area contributed by atoms with Gasteiger partial charge in [-0.25, -0.2) is 4.68 Å². The molecule has 0 spiro atoms. The quantitative estimate of drug-likeness (QED) is 0.289. The van der Waals surface area contributed by atoms with E-state index in [9.17, 15) is 4.79 Å². The van der Waals surface area contributed by atoms with E-state index < -0.39 is 0 Å². The zero-order chi connectivity index (χ0) is 24.6. The lowest BCUT2D eigenvalue weighted by Crippen LogP contribution is -2.21. The Kier molecular flexibility index (Phi) is 5.22. The van der Waals surface area contributed by atoms with Crippen LogP contribution in [-0.4, -0.2) is 28.5 Å². The molecule has 0 bridgehead atoms. The van der Waals surface area contributed by atoms with Gasteiger partial charge in [0, 0.05) is 17.1 Å². The van der Waals surface area contributed by atoms with Crippen LogP contribution in [0.3, 0.4) is 0 Å². The number of methoxy groups -OCH3 is 1. The highest BCUT2D eigenvalue weighted by molar-refractivity contribution is 6.32. The number of rotatable bonds is 5. The highest BCUT2D eigenvalue weighted by Gasteiger charge is 2.29. The Hall–Kier alpha value is -4.91. The number of hydrogen-bond donors (Lipinski definition) is 0. The molecule has 36 heavy (non-hydrogen) atoms. The average Bonchev–Trinajstić information content (AvgIpc) is 3.61. The van der Waals surface area contributed by atoms with Crippen LogP contribution in [0.15, 0.2) is 106 Å². The van der Waals surface area contributed by atoms with E-state index in [1.165, 1.54) is 5.01 Å². The monoisotopic (exact) mass is 474 g/mol. The van der Waals surface area contributed by atoms with E-state index in [4.69, 9.17) is 14.3 Å². The van der Waals surface area contributed by atoms with Gasteiger partial charge in [-0.15, -0.1) is 0 Å². The molecular formula is C29H22N4O3. The molecule has 3 heterocycles. The topological polar surface area (TPSA) is 72.9 Å². The van der Waals surface area contributed by atoms with E-state index in [1.54, 1.807) is 11.8 Å². The lowest BCUT2D eigenvalue weighted by molar-refractivity contribution is -0.114. The van der Waals surface area contributed by atoms with Crippen LogP contribution in [0.1, 0.15) is 12.5 Å². The average molecular weight is 475 g/mol. The molecule has 0 radical (unpaired) electrons. The van der Waals surface area contributed by atoms with Crippen LogP contribution >= 0.6 is 0 Å². The number of anilines is 1. The van der Waals surface area contributed by atoms with Crippen molar-refractivity contribution >= 4 is 34.4 Å². The molecule has 5 aromatic rings. The van der Waals surface area contributed by atoms with Crippen molar-refractivity contribution in [3.63, 3.8) is 0 Å². The number of furan rings is 1. The van der Waals surface area contributed by atoms with Crippen LogP contribution in [0.25, 0.3) is 34.2 Å². The first kappa shape index (κ1) is 21.6. The van der Waals surface area contributed by atoms with Gasteiger partial charge < -0.3 is 9.15 Å². The number of carbonyl (C=O) groups excluding carboxylic acids is 1. The number of aromatic nitrogens is 2.